The molecular formula is C28H22ClN3OS. The molecular weight excluding hydrogens is 462 g/mol. The lowest BCUT2D eigenvalue weighted by molar-refractivity contribution is -0.115. The standard InChI is InChI=1S/C28H22ClN3OS/c1-18-11-13-21(14-12-18)26-16-24(20-7-4-3-5-8-20)25(17-30)28(32-26)34-19(2)27(33)31-23-10-6-9-22(29)15-23/h3-16,19H,1-2H3,(H,31,33). The molecule has 1 N–H and O–H groups in total. The zero-order chi connectivity index (χ0) is 24.1. The van der Waals surface area contributed by atoms with Crippen LogP contribution in [0.15, 0.2) is 90.0 Å². The van der Waals surface area contributed by atoms with Crippen LogP contribution in [-0.2, 0) is 4.79 Å². The number of rotatable bonds is 6. The van der Waals surface area contributed by atoms with Crippen molar-refractivity contribution in [3.63, 3.8) is 0 Å². The quantitative estimate of drug-likeness (QED) is 0.291. The normalized spacial score (nSPS) is 11.5. The van der Waals surface area contributed by atoms with Crippen LogP contribution in [0.25, 0.3) is 22.4 Å². The molecule has 1 amide bonds. The molecule has 0 aliphatic carbocycles. The molecule has 1 atom stereocenters. The number of amides is 1. The molecule has 1 aromatic heterocycles. The van der Waals surface area contributed by atoms with Crippen molar-refractivity contribution in [2.75, 3.05) is 5.32 Å². The zero-order valence-electron chi connectivity index (χ0n) is 18.7. The average molecular weight is 484 g/mol. The molecule has 0 saturated heterocycles. The maximum Gasteiger partial charge on any atom is 0.237 e. The van der Waals surface area contributed by atoms with Crippen LogP contribution in [0.3, 0.4) is 0 Å². The molecule has 3 aromatic carbocycles. The lowest BCUT2D eigenvalue weighted by Crippen LogP contribution is -2.22. The molecule has 4 nitrogen and oxygen atoms in total. The first-order chi connectivity index (χ1) is 16.4. The van der Waals surface area contributed by atoms with Gasteiger partial charge in [-0.15, -0.1) is 0 Å². The number of carbonyl (C=O) groups is 1. The molecule has 1 heterocycles. The number of aromatic nitrogens is 1. The minimum atomic E-state index is -0.490. The van der Waals surface area contributed by atoms with Crippen LogP contribution in [-0.4, -0.2) is 16.1 Å². The minimum Gasteiger partial charge on any atom is -0.325 e. The van der Waals surface area contributed by atoms with Gasteiger partial charge in [0, 0.05) is 21.8 Å². The third-order valence-electron chi connectivity index (χ3n) is 5.28. The summed E-state index contributed by atoms with van der Waals surface area (Å²) in [5, 5.41) is 13.5. The highest BCUT2D eigenvalue weighted by Crippen LogP contribution is 2.36. The van der Waals surface area contributed by atoms with Gasteiger partial charge < -0.3 is 5.32 Å². The van der Waals surface area contributed by atoms with Crippen LogP contribution in [0.1, 0.15) is 18.1 Å². The van der Waals surface area contributed by atoms with E-state index < -0.39 is 5.25 Å². The molecule has 4 rings (SSSR count). The number of benzene rings is 3. The van der Waals surface area contributed by atoms with Crippen molar-refractivity contribution in [2.45, 2.75) is 24.1 Å². The average Bonchev–Trinajstić information content (AvgIpc) is 2.84. The van der Waals surface area contributed by atoms with Crippen molar-refractivity contribution in [3.8, 4) is 28.5 Å². The van der Waals surface area contributed by atoms with Gasteiger partial charge in [-0.1, -0.05) is 89.6 Å². The topological polar surface area (TPSA) is 65.8 Å². The van der Waals surface area contributed by atoms with E-state index in [9.17, 15) is 10.1 Å². The van der Waals surface area contributed by atoms with Crippen molar-refractivity contribution in [2.24, 2.45) is 0 Å². The lowest BCUT2D eigenvalue weighted by Gasteiger charge is -2.16. The van der Waals surface area contributed by atoms with E-state index in [0.717, 1.165) is 27.9 Å². The Balaban J connectivity index is 1.73. The summed E-state index contributed by atoms with van der Waals surface area (Å²) in [7, 11) is 0. The Labute approximate surface area is 208 Å². The molecule has 0 fully saturated rings. The van der Waals surface area contributed by atoms with Gasteiger partial charge >= 0.3 is 0 Å². The first kappa shape index (κ1) is 23.6. The van der Waals surface area contributed by atoms with E-state index in [2.05, 4.69) is 11.4 Å². The Morgan fingerprint density at radius 3 is 2.41 bits per heavy atom. The van der Waals surface area contributed by atoms with Gasteiger partial charge in [0.15, 0.2) is 0 Å². The van der Waals surface area contributed by atoms with Gasteiger partial charge in [-0.25, -0.2) is 4.98 Å². The van der Waals surface area contributed by atoms with Crippen molar-refractivity contribution in [1.29, 1.82) is 5.26 Å². The van der Waals surface area contributed by atoms with E-state index in [1.165, 1.54) is 11.8 Å². The predicted octanol–water partition coefficient (Wildman–Crippen LogP) is 7.37. The van der Waals surface area contributed by atoms with Crippen LogP contribution in [0.2, 0.25) is 5.02 Å². The molecule has 0 aliphatic heterocycles. The van der Waals surface area contributed by atoms with E-state index in [1.54, 1.807) is 31.2 Å². The fourth-order valence-electron chi connectivity index (χ4n) is 3.46. The number of pyridine rings is 1. The van der Waals surface area contributed by atoms with Crippen LogP contribution < -0.4 is 5.32 Å². The summed E-state index contributed by atoms with van der Waals surface area (Å²) in [6.07, 6.45) is 0. The van der Waals surface area contributed by atoms with Crippen LogP contribution in [0.5, 0.6) is 0 Å². The van der Waals surface area contributed by atoms with Crippen molar-refractivity contribution in [1.82, 2.24) is 4.98 Å². The van der Waals surface area contributed by atoms with Gasteiger partial charge in [0.25, 0.3) is 0 Å². The van der Waals surface area contributed by atoms with E-state index in [-0.39, 0.29) is 5.91 Å². The number of nitrogens with one attached hydrogen (secondary N) is 1. The summed E-state index contributed by atoms with van der Waals surface area (Å²) >= 11 is 7.30. The van der Waals surface area contributed by atoms with Gasteiger partial charge in [-0.2, -0.15) is 5.26 Å². The molecule has 0 bridgehead atoms. The number of aryl methyl sites for hydroxylation is 1. The molecule has 0 radical (unpaired) electrons. The van der Waals surface area contributed by atoms with Crippen molar-refractivity contribution in [3.05, 3.63) is 101 Å². The fourth-order valence-corrected chi connectivity index (χ4v) is 4.58. The number of anilines is 1. The number of thioether (sulfide) groups is 1. The molecule has 1 unspecified atom stereocenters. The van der Waals surface area contributed by atoms with Gasteiger partial charge in [0.05, 0.1) is 16.5 Å². The highest BCUT2D eigenvalue weighted by molar-refractivity contribution is 8.00. The van der Waals surface area contributed by atoms with Crippen LogP contribution >= 0.6 is 23.4 Å². The zero-order valence-corrected chi connectivity index (χ0v) is 20.3. The predicted molar refractivity (Wildman–Crippen MR) is 140 cm³/mol. The second kappa shape index (κ2) is 10.6. The van der Waals surface area contributed by atoms with Crippen LogP contribution in [0.4, 0.5) is 5.69 Å². The van der Waals surface area contributed by atoms with E-state index in [0.29, 0.717) is 21.3 Å². The fraction of sp³-hybridized carbons (Fsp3) is 0.107. The highest BCUT2D eigenvalue weighted by atomic mass is 35.5. The molecule has 4 aromatic rings. The van der Waals surface area contributed by atoms with Crippen LogP contribution in [0, 0.1) is 18.3 Å². The number of nitrogens with zero attached hydrogens (tertiary/aromatic N) is 2. The molecule has 0 spiro atoms. The Kier molecular flexibility index (Phi) is 7.32. The summed E-state index contributed by atoms with van der Waals surface area (Å²) < 4.78 is 0. The Hall–Kier alpha value is -3.59. The number of carbonyl (C=O) groups excluding carboxylic acids is 1. The lowest BCUT2D eigenvalue weighted by atomic mass is 9.99. The number of nitriles is 1. The Morgan fingerprint density at radius 2 is 1.74 bits per heavy atom. The number of halogens is 1. The molecule has 0 aliphatic rings. The SMILES string of the molecule is Cc1ccc(-c2cc(-c3ccccc3)c(C#N)c(SC(C)C(=O)Nc3cccc(Cl)c3)n2)cc1. The first-order valence-electron chi connectivity index (χ1n) is 10.8. The molecule has 6 heteroatoms. The third-order valence-corrected chi connectivity index (χ3v) is 6.60. The van der Waals surface area contributed by atoms with Crippen molar-refractivity contribution < 1.29 is 4.79 Å². The first-order valence-corrected chi connectivity index (χ1v) is 12.0. The molecule has 168 valence electrons. The summed E-state index contributed by atoms with van der Waals surface area (Å²) in [5.74, 6) is -0.194. The van der Waals surface area contributed by atoms with Gasteiger partial charge in [0.2, 0.25) is 5.91 Å². The summed E-state index contributed by atoms with van der Waals surface area (Å²) in [5.41, 5.74) is 5.65. The van der Waals surface area contributed by atoms with Gasteiger partial charge in [-0.05, 0) is 43.7 Å². The third kappa shape index (κ3) is 5.48. The Bertz CT molecular complexity index is 1370. The molecule has 34 heavy (non-hydrogen) atoms. The largest absolute Gasteiger partial charge is 0.325 e. The van der Waals surface area contributed by atoms with Gasteiger partial charge in [0.1, 0.15) is 11.1 Å². The van der Waals surface area contributed by atoms with E-state index >= 15 is 0 Å². The van der Waals surface area contributed by atoms with Gasteiger partial charge in [-0.3, -0.25) is 4.79 Å². The van der Waals surface area contributed by atoms with E-state index in [4.69, 9.17) is 16.6 Å². The Morgan fingerprint density at radius 1 is 1.00 bits per heavy atom. The summed E-state index contributed by atoms with van der Waals surface area (Å²) in [6.45, 7) is 3.83. The highest BCUT2D eigenvalue weighted by Gasteiger charge is 2.21. The second-order valence-corrected chi connectivity index (χ2v) is 9.60. The maximum absolute atomic E-state index is 12.9. The van der Waals surface area contributed by atoms with Crippen molar-refractivity contribution >= 4 is 35.0 Å². The number of hydrogen-bond donors (Lipinski definition) is 1. The second-order valence-electron chi connectivity index (χ2n) is 7.84. The minimum absolute atomic E-state index is 0.194. The van der Waals surface area contributed by atoms with E-state index in [1.807, 2.05) is 67.6 Å². The summed E-state index contributed by atoms with van der Waals surface area (Å²) in [6, 6.07) is 29.1. The molecule has 0 saturated carbocycles. The maximum atomic E-state index is 12.9. The summed E-state index contributed by atoms with van der Waals surface area (Å²) in [4.78, 5) is 17.7. The monoisotopic (exact) mass is 483 g/mol. The number of hydrogen-bond acceptors (Lipinski definition) is 4. The smallest absolute Gasteiger partial charge is 0.237 e.